The number of fused-ring (bicyclic) bond motifs is 1. The van der Waals surface area contributed by atoms with Gasteiger partial charge in [-0.1, -0.05) is 18.2 Å². The van der Waals surface area contributed by atoms with Crippen molar-refractivity contribution in [2.24, 2.45) is 0 Å². The summed E-state index contributed by atoms with van der Waals surface area (Å²) in [6.07, 6.45) is 3.09. The first-order valence-corrected chi connectivity index (χ1v) is 6.03. The van der Waals surface area contributed by atoms with E-state index in [4.69, 9.17) is 4.74 Å². The van der Waals surface area contributed by atoms with Crippen LogP contribution in [0.3, 0.4) is 0 Å². The van der Waals surface area contributed by atoms with Crippen molar-refractivity contribution >= 4 is 17.2 Å². The van der Waals surface area contributed by atoms with E-state index in [9.17, 15) is 4.79 Å². The molecule has 1 saturated heterocycles. The van der Waals surface area contributed by atoms with Crippen LogP contribution < -0.4 is 0 Å². The van der Waals surface area contributed by atoms with Crippen LogP contribution in [0.5, 0.6) is 0 Å². The number of carbonyl (C=O) groups is 1. The highest BCUT2D eigenvalue weighted by molar-refractivity contribution is 5.89. The summed E-state index contributed by atoms with van der Waals surface area (Å²) >= 11 is 0. The van der Waals surface area contributed by atoms with E-state index in [1.807, 2.05) is 24.3 Å². The Morgan fingerprint density at radius 3 is 3.00 bits per heavy atom. The van der Waals surface area contributed by atoms with Crippen molar-refractivity contribution in [2.45, 2.75) is 18.9 Å². The second-order valence-electron chi connectivity index (χ2n) is 4.49. The van der Waals surface area contributed by atoms with Crippen molar-refractivity contribution in [3.63, 3.8) is 0 Å². The molecule has 0 N–H and O–H groups in total. The number of aldehydes is 1. The third-order valence-corrected chi connectivity index (χ3v) is 3.40. The average molecular weight is 229 g/mol. The van der Waals surface area contributed by atoms with E-state index in [0.717, 1.165) is 42.3 Å². The van der Waals surface area contributed by atoms with Crippen molar-refractivity contribution in [1.82, 2.24) is 4.57 Å². The topological polar surface area (TPSA) is 31.2 Å². The molecule has 88 valence electrons. The van der Waals surface area contributed by atoms with E-state index in [-0.39, 0.29) is 0 Å². The van der Waals surface area contributed by atoms with E-state index >= 15 is 0 Å². The van der Waals surface area contributed by atoms with Crippen molar-refractivity contribution in [1.29, 1.82) is 0 Å². The van der Waals surface area contributed by atoms with Gasteiger partial charge in [0.15, 0.2) is 6.29 Å². The molecule has 1 aromatic carbocycles. The molecule has 0 aliphatic carbocycles. The molecule has 3 nitrogen and oxygen atoms in total. The number of hydrogen-bond acceptors (Lipinski definition) is 2. The van der Waals surface area contributed by atoms with Crippen molar-refractivity contribution in [3.05, 3.63) is 36.0 Å². The molecule has 2 aromatic rings. The fourth-order valence-corrected chi connectivity index (χ4v) is 2.62. The molecule has 0 amide bonds. The predicted octanol–water partition coefficient (Wildman–Crippen LogP) is 2.81. The Labute approximate surface area is 100.0 Å². The zero-order valence-electron chi connectivity index (χ0n) is 9.63. The molecule has 0 saturated carbocycles. The van der Waals surface area contributed by atoms with Gasteiger partial charge in [-0.05, 0) is 25.0 Å². The quantitative estimate of drug-likeness (QED) is 0.741. The minimum absolute atomic E-state index is 0.295. The number of rotatable bonds is 2. The smallest absolute Gasteiger partial charge is 0.166 e. The maximum atomic E-state index is 11.2. The van der Waals surface area contributed by atoms with Crippen LogP contribution in [-0.2, 0) is 4.74 Å². The Morgan fingerprint density at radius 2 is 2.24 bits per heavy atom. The molecule has 1 aliphatic rings. The molecule has 1 fully saturated rings. The van der Waals surface area contributed by atoms with Crippen molar-refractivity contribution in [3.8, 4) is 0 Å². The Morgan fingerprint density at radius 1 is 1.35 bits per heavy atom. The number of nitrogens with zero attached hydrogens (tertiary/aromatic N) is 1. The van der Waals surface area contributed by atoms with Crippen LogP contribution in [-0.4, -0.2) is 24.1 Å². The molecule has 0 spiro atoms. The minimum atomic E-state index is 0.295. The standard InChI is InChI=1S/C14H15NO2/c16-9-13-8-11-4-1-2-6-14(11)15(13)12-5-3-7-17-10-12/h1-2,4,6,8-9,12H,3,5,7,10H2. The molecule has 17 heavy (non-hydrogen) atoms. The van der Waals surface area contributed by atoms with Gasteiger partial charge in [-0.15, -0.1) is 0 Å². The lowest BCUT2D eigenvalue weighted by Gasteiger charge is -2.25. The maximum absolute atomic E-state index is 11.2. The zero-order chi connectivity index (χ0) is 11.7. The first-order chi connectivity index (χ1) is 8.40. The van der Waals surface area contributed by atoms with E-state index in [1.165, 1.54) is 0 Å². The van der Waals surface area contributed by atoms with Gasteiger partial charge >= 0.3 is 0 Å². The van der Waals surface area contributed by atoms with Gasteiger partial charge in [0.1, 0.15) is 0 Å². The molecule has 1 aliphatic heterocycles. The van der Waals surface area contributed by atoms with E-state index in [0.29, 0.717) is 12.6 Å². The SMILES string of the molecule is O=Cc1cc2ccccc2n1C1CCCOC1. The van der Waals surface area contributed by atoms with Gasteiger partial charge in [-0.3, -0.25) is 4.79 Å². The summed E-state index contributed by atoms with van der Waals surface area (Å²) < 4.78 is 7.64. The molecule has 2 heterocycles. The van der Waals surface area contributed by atoms with Crippen LogP contribution in [0.15, 0.2) is 30.3 Å². The fraction of sp³-hybridized carbons (Fsp3) is 0.357. The number of hydrogen-bond donors (Lipinski definition) is 0. The summed E-state index contributed by atoms with van der Waals surface area (Å²) in [4.78, 5) is 11.2. The fourth-order valence-electron chi connectivity index (χ4n) is 2.62. The van der Waals surface area contributed by atoms with Crippen LogP contribution in [0.1, 0.15) is 29.4 Å². The lowest BCUT2D eigenvalue weighted by Crippen LogP contribution is -2.22. The van der Waals surface area contributed by atoms with Crippen molar-refractivity contribution in [2.75, 3.05) is 13.2 Å². The van der Waals surface area contributed by atoms with Crippen LogP contribution in [0.25, 0.3) is 10.9 Å². The Bertz CT molecular complexity index is 538. The van der Waals surface area contributed by atoms with Crippen molar-refractivity contribution < 1.29 is 9.53 Å². The highest BCUT2D eigenvalue weighted by atomic mass is 16.5. The van der Waals surface area contributed by atoms with Gasteiger partial charge in [0, 0.05) is 17.5 Å². The summed E-state index contributed by atoms with van der Waals surface area (Å²) in [5.41, 5.74) is 1.88. The van der Waals surface area contributed by atoms with Crippen LogP contribution in [0.4, 0.5) is 0 Å². The second-order valence-corrected chi connectivity index (χ2v) is 4.49. The lowest BCUT2D eigenvalue weighted by molar-refractivity contribution is 0.0598. The maximum Gasteiger partial charge on any atom is 0.166 e. The van der Waals surface area contributed by atoms with Crippen LogP contribution >= 0.6 is 0 Å². The van der Waals surface area contributed by atoms with Gasteiger partial charge in [0.05, 0.1) is 18.3 Å². The minimum Gasteiger partial charge on any atom is -0.379 e. The van der Waals surface area contributed by atoms with Gasteiger partial charge in [0.25, 0.3) is 0 Å². The number of aromatic nitrogens is 1. The summed E-state index contributed by atoms with van der Waals surface area (Å²) in [6, 6.07) is 10.4. The number of ether oxygens (including phenoxy) is 1. The van der Waals surface area contributed by atoms with E-state index in [2.05, 4.69) is 10.6 Å². The monoisotopic (exact) mass is 229 g/mol. The number of benzene rings is 1. The van der Waals surface area contributed by atoms with Crippen LogP contribution in [0.2, 0.25) is 0 Å². The summed E-state index contributed by atoms with van der Waals surface area (Å²) in [5, 5.41) is 1.13. The first-order valence-electron chi connectivity index (χ1n) is 6.03. The van der Waals surface area contributed by atoms with Gasteiger partial charge in [0.2, 0.25) is 0 Å². The number of carbonyl (C=O) groups excluding carboxylic acids is 1. The van der Waals surface area contributed by atoms with E-state index < -0.39 is 0 Å². The predicted molar refractivity (Wildman–Crippen MR) is 66.4 cm³/mol. The molecule has 1 aromatic heterocycles. The Hall–Kier alpha value is -1.61. The average Bonchev–Trinajstić information content (AvgIpc) is 2.78. The highest BCUT2D eigenvalue weighted by Crippen LogP contribution is 2.28. The first kappa shape index (κ1) is 10.5. The number of para-hydroxylation sites is 1. The summed E-state index contributed by atoms with van der Waals surface area (Å²) in [7, 11) is 0. The Kier molecular flexibility index (Phi) is 2.69. The van der Waals surface area contributed by atoms with Crippen LogP contribution in [0, 0.1) is 0 Å². The van der Waals surface area contributed by atoms with Gasteiger partial charge < -0.3 is 9.30 Å². The second kappa shape index (κ2) is 4.34. The molecule has 3 rings (SSSR count). The molecule has 3 heteroatoms. The van der Waals surface area contributed by atoms with Gasteiger partial charge in [-0.25, -0.2) is 0 Å². The molecule has 0 bridgehead atoms. The molecular formula is C14H15NO2. The normalized spacial score (nSPS) is 20.6. The highest BCUT2D eigenvalue weighted by Gasteiger charge is 2.20. The lowest BCUT2D eigenvalue weighted by atomic mass is 10.1. The third kappa shape index (κ3) is 1.76. The zero-order valence-corrected chi connectivity index (χ0v) is 9.63. The Balaban J connectivity index is 2.14. The van der Waals surface area contributed by atoms with E-state index in [1.54, 1.807) is 0 Å². The third-order valence-electron chi connectivity index (χ3n) is 3.40. The summed E-state index contributed by atoms with van der Waals surface area (Å²) in [5.74, 6) is 0. The van der Waals surface area contributed by atoms with Gasteiger partial charge in [-0.2, -0.15) is 0 Å². The molecule has 0 radical (unpaired) electrons. The molecule has 1 unspecified atom stereocenters. The largest absolute Gasteiger partial charge is 0.379 e. The molecular weight excluding hydrogens is 214 g/mol. The molecule has 1 atom stereocenters. The summed E-state index contributed by atoms with van der Waals surface area (Å²) in [6.45, 7) is 1.55.